The smallest absolute Gasteiger partial charge is 0.165 e. The van der Waals surface area contributed by atoms with E-state index in [1.165, 1.54) is 16.8 Å². The number of H-pyrrole nitrogens is 1. The van der Waals surface area contributed by atoms with E-state index in [9.17, 15) is 0 Å². The number of anilines is 1. The van der Waals surface area contributed by atoms with Gasteiger partial charge in [-0.2, -0.15) is 0 Å². The Morgan fingerprint density at radius 3 is 2.62 bits per heavy atom. The van der Waals surface area contributed by atoms with Crippen LogP contribution in [0, 0.1) is 0 Å². The largest absolute Gasteiger partial charge is 0.381 e. The zero-order chi connectivity index (χ0) is 14.3. The van der Waals surface area contributed by atoms with Crippen molar-refractivity contribution in [1.82, 2.24) is 9.97 Å². The van der Waals surface area contributed by atoms with Crippen molar-refractivity contribution in [2.45, 2.75) is 17.5 Å². The van der Waals surface area contributed by atoms with E-state index in [-0.39, 0.29) is 0 Å². The number of aromatic nitrogens is 2. The minimum absolute atomic E-state index is 0.837. The van der Waals surface area contributed by atoms with E-state index in [1.54, 1.807) is 18.0 Å². The molecular formula is C17H17N3S. The molecule has 0 fully saturated rings. The summed E-state index contributed by atoms with van der Waals surface area (Å²) in [6, 6.07) is 18.9. The average molecular weight is 295 g/mol. The maximum absolute atomic E-state index is 4.24. The Bertz CT molecular complexity index is 666. The van der Waals surface area contributed by atoms with Crippen molar-refractivity contribution in [3.8, 4) is 0 Å². The number of para-hydroxylation sites is 1. The molecule has 3 aromatic rings. The molecule has 106 valence electrons. The number of nitrogens with zero attached hydrogens (tertiary/aromatic N) is 1. The zero-order valence-corrected chi connectivity index (χ0v) is 12.4. The van der Waals surface area contributed by atoms with E-state index in [0.717, 1.165) is 17.5 Å². The van der Waals surface area contributed by atoms with Crippen LogP contribution in [0.1, 0.15) is 11.1 Å². The molecule has 2 aromatic carbocycles. The number of hydrogen-bond donors (Lipinski definition) is 2. The molecule has 4 heteroatoms. The van der Waals surface area contributed by atoms with E-state index in [1.807, 2.05) is 12.3 Å². The number of thioether (sulfide) groups is 1. The number of aromatic amines is 1. The highest BCUT2D eigenvalue weighted by Crippen LogP contribution is 2.24. The van der Waals surface area contributed by atoms with Gasteiger partial charge in [-0.1, -0.05) is 60.3 Å². The maximum atomic E-state index is 4.24. The minimum atomic E-state index is 0.837. The standard InChI is InChI=1S/C17H17N3S/c1-2-6-14(7-3-1)12-20-16-9-5-4-8-15(16)13-21-17-18-10-11-19-17/h1-11,20H,12-13H2,(H,18,19). The molecule has 0 atom stereocenters. The first-order valence-electron chi connectivity index (χ1n) is 6.90. The summed E-state index contributed by atoms with van der Waals surface area (Å²) in [6.07, 6.45) is 3.63. The molecule has 2 N–H and O–H groups in total. The molecule has 0 saturated heterocycles. The minimum Gasteiger partial charge on any atom is -0.381 e. The van der Waals surface area contributed by atoms with Gasteiger partial charge in [0.15, 0.2) is 5.16 Å². The molecule has 0 saturated carbocycles. The van der Waals surface area contributed by atoms with Gasteiger partial charge in [0.2, 0.25) is 0 Å². The lowest BCUT2D eigenvalue weighted by atomic mass is 10.2. The van der Waals surface area contributed by atoms with Crippen LogP contribution in [0.15, 0.2) is 72.1 Å². The highest BCUT2D eigenvalue weighted by molar-refractivity contribution is 7.98. The van der Waals surface area contributed by atoms with Crippen molar-refractivity contribution in [3.63, 3.8) is 0 Å². The lowest BCUT2D eigenvalue weighted by Gasteiger charge is -2.11. The van der Waals surface area contributed by atoms with Crippen molar-refractivity contribution in [3.05, 3.63) is 78.1 Å². The van der Waals surface area contributed by atoms with Gasteiger partial charge in [0.1, 0.15) is 0 Å². The first-order chi connectivity index (χ1) is 10.4. The van der Waals surface area contributed by atoms with Crippen LogP contribution in [0.2, 0.25) is 0 Å². The highest BCUT2D eigenvalue weighted by atomic mass is 32.2. The van der Waals surface area contributed by atoms with E-state index in [0.29, 0.717) is 0 Å². The molecule has 21 heavy (non-hydrogen) atoms. The van der Waals surface area contributed by atoms with Crippen molar-refractivity contribution in [2.75, 3.05) is 5.32 Å². The van der Waals surface area contributed by atoms with Gasteiger partial charge in [-0.25, -0.2) is 4.98 Å². The molecule has 1 aromatic heterocycles. The van der Waals surface area contributed by atoms with E-state index < -0.39 is 0 Å². The van der Waals surface area contributed by atoms with Gasteiger partial charge in [0, 0.05) is 30.4 Å². The zero-order valence-electron chi connectivity index (χ0n) is 11.6. The number of rotatable bonds is 6. The third-order valence-corrected chi connectivity index (χ3v) is 4.13. The Morgan fingerprint density at radius 2 is 1.81 bits per heavy atom. The summed E-state index contributed by atoms with van der Waals surface area (Å²) in [5.74, 6) is 0.894. The number of hydrogen-bond acceptors (Lipinski definition) is 3. The normalized spacial score (nSPS) is 10.5. The second-order valence-electron chi connectivity index (χ2n) is 4.68. The fourth-order valence-electron chi connectivity index (χ4n) is 2.09. The molecule has 0 aliphatic heterocycles. The highest BCUT2D eigenvalue weighted by Gasteiger charge is 2.03. The Kier molecular flexibility index (Phi) is 4.59. The van der Waals surface area contributed by atoms with Crippen LogP contribution in [0.25, 0.3) is 0 Å². The van der Waals surface area contributed by atoms with Crippen LogP contribution in [-0.2, 0) is 12.3 Å². The van der Waals surface area contributed by atoms with Gasteiger partial charge in [-0.3, -0.25) is 0 Å². The lowest BCUT2D eigenvalue weighted by Crippen LogP contribution is -2.01. The van der Waals surface area contributed by atoms with Crippen LogP contribution in [0.3, 0.4) is 0 Å². The van der Waals surface area contributed by atoms with Crippen LogP contribution in [0.5, 0.6) is 0 Å². The van der Waals surface area contributed by atoms with Gasteiger partial charge in [0.05, 0.1) is 0 Å². The number of imidazole rings is 1. The molecule has 3 nitrogen and oxygen atoms in total. The third-order valence-electron chi connectivity index (χ3n) is 3.18. The second kappa shape index (κ2) is 6.99. The van der Waals surface area contributed by atoms with Crippen molar-refractivity contribution in [2.24, 2.45) is 0 Å². The predicted octanol–water partition coefficient (Wildman–Crippen LogP) is 4.31. The molecule has 0 bridgehead atoms. The predicted molar refractivity (Wildman–Crippen MR) is 88.4 cm³/mol. The van der Waals surface area contributed by atoms with E-state index in [2.05, 4.69) is 63.8 Å². The first kappa shape index (κ1) is 13.8. The van der Waals surface area contributed by atoms with E-state index >= 15 is 0 Å². The van der Waals surface area contributed by atoms with Crippen molar-refractivity contribution < 1.29 is 0 Å². The van der Waals surface area contributed by atoms with Crippen molar-refractivity contribution >= 4 is 17.4 Å². The summed E-state index contributed by atoms with van der Waals surface area (Å²) < 4.78 is 0. The topological polar surface area (TPSA) is 40.7 Å². The molecule has 3 rings (SSSR count). The molecular weight excluding hydrogens is 278 g/mol. The quantitative estimate of drug-likeness (QED) is 0.666. The maximum Gasteiger partial charge on any atom is 0.165 e. The second-order valence-corrected chi connectivity index (χ2v) is 5.64. The summed E-state index contributed by atoms with van der Waals surface area (Å²) in [5.41, 5.74) is 3.75. The van der Waals surface area contributed by atoms with Gasteiger partial charge in [0.25, 0.3) is 0 Å². The Morgan fingerprint density at radius 1 is 1.00 bits per heavy atom. The summed E-state index contributed by atoms with van der Waals surface area (Å²) in [5, 5.41) is 4.47. The molecule has 0 radical (unpaired) electrons. The van der Waals surface area contributed by atoms with Crippen LogP contribution >= 0.6 is 11.8 Å². The van der Waals surface area contributed by atoms with Gasteiger partial charge < -0.3 is 10.3 Å². The summed E-state index contributed by atoms with van der Waals surface area (Å²) in [6.45, 7) is 0.837. The fraction of sp³-hybridized carbons (Fsp3) is 0.118. The number of benzene rings is 2. The van der Waals surface area contributed by atoms with Crippen LogP contribution < -0.4 is 5.32 Å². The summed E-state index contributed by atoms with van der Waals surface area (Å²) >= 11 is 1.71. The monoisotopic (exact) mass is 295 g/mol. The molecule has 0 spiro atoms. The fourth-order valence-corrected chi connectivity index (χ4v) is 2.92. The van der Waals surface area contributed by atoms with Gasteiger partial charge >= 0.3 is 0 Å². The Labute approximate surface area is 128 Å². The first-order valence-corrected chi connectivity index (χ1v) is 7.88. The number of nitrogens with one attached hydrogen (secondary N) is 2. The molecule has 0 aliphatic rings. The Hall–Kier alpha value is -2.20. The molecule has 0 amide bonds. The third kappa shape index (κ3) is 3.89. The Balaban J connectivity index is 1.64. The lowest BCUT2D eigenvalue weighted by molar-refractivity contribution is 1.06. The van der Waals surface area contributed by atoms with Gasteiger partial charge in [-0.15, -0.1) is 0 Å². The molecule has 0 aliphatic carbocycles. The van der Waals surface area contributed by atoms with E-state index in [4.69, 9.17) is 0 Å². The summed E-state index contributed by atoms with van der Waals surface area (Å²) in [4.78, 5) is 7.36. The van der Waals surface area contributed by atoms with Gasteiger partial charge in [-0.05, 0) is 17.2 Å². The summed E-state index contributed by atoms with van der Waals surface area (Å²) in [7, 11) is 0. The van der Waals surface area contributed by atoms with Crippen molar-refractivity contribution in [1.29, 1.82) is 0 Å². The van der Waals surface area contributed by atoms with Crippen LogP contribution in [0.4, 0.5) is 5.69 Å². The molecule has 1 heterocycles. The van der Waals surface area contributed by atoms with Crippen LogP contribution in [-0.4, -0.2) is 9.97 Å². The SMILES string of the molecule is c1ccc(CNc2ccccc2CSc2ncc[nH]2)cc1. The average Bonchev–Trinajstić information content (AvgIpc) is 3.06. The molecule has 0 unspecified atom stereocenters.